The number of carbonyl (C=O) groups excluding carboxylic acids is 1. The third-order valence-corrected chi connectivity index (χ3v) is 3.21. The van der Waals surface area contributed by atoms with Gasteiger partial charge < -0.3 is 9.84 Å². The van der Waals surface area contributed by atoms with Crippen LogP contribution >= 0.6 is 0 Å². The number of hydrogen-bond acceptors (Lipinski definition) is 5. The molecule has 0 aliphatic rings. The summed E-state index contributed by atoms with van der Waals surface area (Å²) >= 11 is 0. The number of carbonyl (C=O) groups is 1. The molecule has 0 radical (unpaired) electrons. The van der Waals surface area contributed by atoms with Crippen LogP contribution in [-0.2, 0) is 6.42 Å². The second kappa shape index (κ2) is 6.45. The third kappa shape index (κ3) is 3.64. The van der Waals surface area contributed by atoms with Gasteiger partial charge in [0, 0.05) is 6.61 Å². The Morgan fingerprint density at radius 3 is 2.29 bits per heavy atom. The highest BCUT2D eigenvalue weighted by Crippen LogP contribution is 2.15. The first kappa shape index (κ1) is 15.1. The molecule has 0 aliphatic carbocycles. The zero-order chi connectivity index (χ0) is 15.4. The van der Waals surface area contributed by atoms with Gasteiger partial charge in [0.15, 0.2) is 5.69 Å². The Labute approximate surface area is 123 Å². The molecule has 0 aliphatic heterocycles. The van der Waals surface area contributed by atoms with E-state index in [4.69, 9.17) is 9.84 Å². The molecule has 1 heterocycles. The fourth-order valence-corrected chi connectivity index (χ4v) is 1.92. The normalized spacial score (nSPS) is 10.5. The molecule has 5 heteroatoms. The van der Waals surface area contributed by atoms with Gasteiger partial charge >= 0.3 is 5.97 Å². The van der Waals surface area contributed by atoms with Crippen molar-refractivity contribution in [3.63, 3.8) is 0 Å². The fourth-order valence-electron chi connectivity index (χ4n) is 1.92. The second-order valence-corrected chi connectivity index (χ2v) is 4.84. The molecule has 0 fully saturated rings. The van der Waals surface area contributed by atoms with Gasteiger partial charge in [0.25, 0.3) is 0 Å². The van der Waals surface area contributed by atoms with E-state index < -0.39 is 5.97 Å². The Kier molecular flexibility index (Phi) is 4.65. The first-order valence-corrected chi connectivity index (χ1v) is 6.75. The SMILES string of the molecule is Cc1nc(C)c(C(=O)Oc2ccc(CCO)cc2)nc1C. The Hall–Kier alpha value is -2.27. The molecule has 1 aromatic heterocycles. The van der Waals surface area contributed by atoms with E-state index in [1.54, 1.807) is 19.1 Å². The van der Waals surface area contributed by atoms with Crippen molar-refractivity contribution in [1.82, 2.24) is 9.97 Å². The van der Waals surface area contributed by atoms with Crippen LogP contribution in [0.5, 0.6) is 5.75 Å². The highest BCUT2D eigenvalue weighted by molar-refractivity contribution is 5.90. The summed E-state index contributed by atoms with van der Waals surface area (Å²) in [5.41, 5.74) is 3.29. The van der Waals surface area contributed by atoms with Crippen LogP contribution in [0.3, 0.4) is 0 Å². The van der Waals surface area contributed by atoms with E-state index in [2.05, 4.69) is 9.97 Å². The molecule has 0 atom stereocenters. The van der Waals surface area contributed by atoms with Gasteiger partial charge in [-0.15, -0.1) is 0 Å². The number of hydrogen-bond donors (Lipinski definition) is 1. The van der Waals surface area contributed by atoms with Crippen molar-refractivity contribution >= 4 is 5.97 Å². The van der Waals surface area contributed by atoms with Gasteiger partial charge in [-0.25, -0.2) is 9.78 Å². The highest BCUT2D eigenvalue weighted by Gasteiger charge is 2.16. The van der Waals surface area contributed by atoms with Gasteiger partial charge in [-0.2, -0.15) is 0 Å². The standard InChI is InChI=1S/C16H18N2O3/c1-10-11(2)18-15(12(3)17-10)16(20)21-14-6-4-13(5-7-14)8-9-19/h4-7,19H,8-9H2,1-3H3. The molecule has 0 saturated heterocycles. The predicted octanol–water partition coefficient (Wildman–Crippen LogP) is 2.16. The molecular formula is C16H18N2O3. The monoisotopic (exact) mass is 286 g/mol. The number of aliphatic hydroxyl groups is 1. The van der Waals surface area contributed by atoms with Crippen molar-refractivity contribution < 1.29 is 14.6 Å². The summed E-state index contributed by atoms with van der Waals surface area (Å²) in [7, 11) is 0. The summed E-state index contributed by atoms with van der Waals surface area (Å²) in [6.45, 7) is 5.49. The predicted molar refractivity (Wildman–Crippen MR) is 78.4 cm³/mol. The van der Waals surface area contributed by atoms with Crippen molar-refractivity contribution in [2.75, 3.05) is 6.61 Å². The molecule has 110 valence electrons. The van der Waals surface area contributed by atoms with E-state index in [0.29, 0.717) is 23.6 Å². The highest BCUT2D eigenvalue weighted by atomic mass is 16.5. The van der Waals surface area contributed by atoms with E-state index in [1.165, 1.54) is 0 Å². The molecule has 0 unspecified atom stereocenters. The molecule has 2 rings (SSSR count). The molecule has 0 saturated carbocycles. The van der Waals surface area contributed by atoms with Gasteiger partial charge in [-0.1, -0.05) is 12.1 Å². The van der Waals surface area contributed by atoms with E-state index in [0.717, 1.165) is 11.3 Å². The third-order valence-electron chi connectivity index (χ3n) is 3.21. The number of aryl methyl sites for hydroxylation is 3. The van der Waals surface area contributed by atoms with E-state index in [9.17, 15) is 4.79 Å². The Morgan fingerprint density at radius 1 is 1.05 bits per heavy atom. The number of benzene rings is 1. The van der Waals surface area contributed by atoms with Gasteiger partial charge in [0.05, 0.1) is 17.1 Å². The Bertz CT molecular complexity index is 651. The van der Waals surface area contributed by atoms with Crippen LogP contribution in [0, 0.1) is 20.8 Å². The largest absolute Gasteiger partial charge is 0.422 e. The number of esters is 1. The van der Waals surface area contributed by atoms with Crippen LogP contribution in [0.2, 0.25) is 0 Å². The molecule has 0 amide bonds. The quantitative estimate of drug-likeness (QED) is 0.688. The zero-order valence-electron chi connectivity index (χ0n) is 12.4. The van der Waals surface area contributed by atoms with E-state index >= 15 is 0 Å². The van der Waals surface area contributed by atoms with E-state index in [-0.39, 0.29) is 12.3 Å². The maximum Gasteiger partial charge on any atom is 0.364 e. The lowest BCUT2D eigenvalue weighted by atomic mass is 10.1. The fraction of sp³-hybridized carbons (Fsp3) is 0.312. The van der Waals surface area contributed by atoms with E-state index in [1.807, 2.05) is 26.0 Å². The van der Waals surface area contributed by atoms with Crippen LogP contribution in [0.1, 0.15) is 33.1 Å². The number of nitrogens with zero attached hydrogens (tertiary/aromatic N) is 2. The minimum atomic E-state index is -0.516. The molecule has 0 bridgehead atoms. The molecule has 2 aromatic rings. The molecule has 0 spiro atoms. The average Bonchev–Trinajstić information content (AvgIpc) is 2.45. The maximum absolute atomic E-state index is 12.1. The number of rotatable bonds is 4. The topological polar surface area (TPSA) is 72.3 Å². The summed E-state index contributed by atoms with van der Waals surface area (Å²) in [5.74, 6) is -0.0703. The molecule has 5 nitrogen and oxygen atoms in total. The number of aliphatic hydroxyl groups excluding tert-OH is 1. The number of aromatic nitrogens is 2. The molecule has 1 N–H and O–H groups in total. The summed E-state index contributed by atoms with van der Waals surface area (Å²) in [5, 5.41) is 8.86. The van der Waals surface area contributed by atoms with Gasteiger partial charge in [-0.3, -0.25) is 4.98 Å². The lowest BCUT2D eigenvalue weighted by molar-refractivity contribution is 0.0726. The summed E-state index contributed by atoms with van der Waals surface area (Å²) < 4.78 is 5.31. The van der Waals surface area contributed by atoms with Crippen molar-refractivity contribution in [2.24, 2.45) is 0 Å². The van der Waals surface area contributed by atoms with Crippen LogP contribution < -0.4 is 4.74 Å². The van der Waals surface area contributed by atoms with Gasteiger partial charge in [0.1, 0.15) is 5.75 Å². The van der Waals surface area contributed by atoms with Crippen LogP contribution in [0.25, 0.3) is 0 Å². The van der Waals surface area contributed by atoms with Gasteiger partial charge in [-0.05, 0) is 44.9 Å². The zero-order valence-corrected chi connectivity index (χ0v) is 12.4. The van der Waals surface area contributed by atoms with Crippen molar-refractivity contribution in [1.29, 1.82) is 0 Å². The Morgan fingerprint density at radius 2 is 1.67 bits per heavy atom. The minimum Gasteiger partial charge on any atom is -0.422 e. The molecule has 1 aromatic carbocycles. The van der Waals surface area contributed by atoms with Crippen LogP contribution in [0.4, 0.5) is 0 Å². The number of ether oxygens (including phenoxy) is 1. The lowest BCUT2D eigenvalue weighted by Crippen LogP contribution is -2.15. The molecule has 21 heavy (non-hydrogen) atoms. The summed E-state index contributed by atoms with van der Waals surface area (Å²) in [6.07, 6.45) is 0.579. The summed E-state index contributed by atoms with van der Waals surface area (Å²) in [4.78, 5) is 20.7. The van der Waals surface area contributed by atoms with Crippen molar-refractivity contribution in [3.8, 4) is 5.75 Å². The van der Waals surface area contributed by atoms with Crippen LogP contribution in [0.15, 0.2) is 24.3 Å². The summed E-state index contributed by atoms with van der Waals surface area (Å²) in [6, 6.07) is 7.04. The smallest absolute Gasteiger partial charge is 0.364 e. The lowest BCUT2D eigenvalue weighted by Gasteiger charge is -2.08. The first-order chi connectivity index (χ1) is 10.0. The Balaban J connectivity index is 2.16. The van der Waals surface area contributed by atoms with Crippen molar-refractivity contribution in [2.45, 2.75) is 27.2 Å². The van der Waals surface area contributed by atoms with Crippen LogP contribution in [-0.4, -0.2) is 27.7 Å². The average molecular weight is 286 g/mol. The first-order valence-electron chi connectivity index (χ1n) is 6.75. The van der Waals surface area contributed by atoms with Gasteiger partial charge in [0.2, 0.25) is 0 Å². The minimum absolute atomic E-state index is 0.0938. The van der Waals surface area contributed by atoms with Crippen molar-refractivity contribution in [3.05, 3.63) is 52.6 Å². The molecular weight excluding hydrogens is 268 g/mol. The maximum atomic E-state index is 12.1. The second-order valence-electron chi connectivity index (χ2n) is 4.84.